The van der Waals surface area contributed by atoms with Crippen molar-refractivity contribution in [3.8, 4) is 5.88 Å². The molecular weight excluding hydrogens is 252 g/mol. The predicted octanol–water partition coefficient (Wildman–Crippen LogP) is 2.61. The van der Waals surface area contributed by atoms with Crippen LogP contribution >= 0.6 is 11.8 Å². The first-order chi connectivity index (χ1) is 8.70. The zero-order valence-corrected chi connectivity index (χ0v) is 10.3. The van der Waals surface area contributed by atoms with Crippen LogP contribution < -0.4 is 5.56 Å². The van der Waals surface area contributed by atoms with Crippen LogP contribution in [0.25, 0.3) is 0 Å². The Hall–Kier alpha value is -2.15. The molecule has 0 spiro atoms. The van der Waals surface area contributed by atoms with Gasteiger partial charge in [-0.3, -0.25) is 9.78 Å². The van der Waals surface area contributed by atoms with Gasteiger partial charge >= 0.3 is 0 Å². The van der Waals surface area contributed by atoms with Gasteiger partial charge in [0.25, 0.3) is 5.56 Å². The Labute approximate surface area is 107 Å². The highest BCUT2D eigenvalue weighted by Gasteiger charge is 2.09. The zero-order chi connectivity index (χ0) is 13.0. The highest BCUT2D eigenvalue weighted by Crippen LogP contribution is 2.23. The molecule has 0 aliphatic heterocycles. The van der Waals surface area contributed by atoms with Crippen molar-refractivity contribution in [2.24, 2.45) is 10.2 Å². The molecule has 0 unspecified atom stereocenters. The minimum Gasteiger partial charge on any atom is -0.491 e. The lowest BCUT2D eigenvalue weighted by Gasteiger charge is -1.98. The van der Waals surface area contributed by atoms with Crippen molar-refractivity contribution in [3.63, 3.8) is 0 Å². The van der Waals surface area contributed by atoms with Gasteiger partial charge in [0.1, 0.15) is 0 Å². The standard InChI is InChI=1S/C11H10N4O2S/c1-18-11-12-9(16)8(10(17)13-11)15-14-7-5-3-2-4-6-7/h2-6H,1H3,(H2,12,13,16,17). The highest BCUT2D eigenvalue weighted by molar-refractivity contribution is 7.98. The van der Waals surface area contributed by atoms with Crippen molar-refractivity contribution in [1.82, 2.24) is 9.97 Å². The van der Waals surface area contributed by atoms with Gasteiger partial charge in [-0.15, -0.1) is 5.11 Å². The van der Waals surface area contributed by atoms with E-state index >= 15 is 0 Å². The molecule has 18 heavy (non-hydrogen) atoms. The molecule has 0 bridgehead atoms. The number of azo groups is 1. The molecule has 1 heterocycles. The van der Waals surface area contributed by atoms with E-state index in [0.29, 0.717) is 10.8 Å². The van der Waals surface area contributed by atoms with E-state index in [1.807, 2.05) is 6.07 Å². The van der Waals surface area contributed by atoms with Crippen molar-refractivity contribution in [1.29, 1.82) is 0 Å². The second kappa shape index (κ2) is 5.46. The first-order valence-electron chi connectivity index (χ1n) is 5.05. The molecule has 0 atom stereocenters. The molecule has 2 aromatic rings. The fourth-order valence-electron chi connectivity index (χ4n) is 1.22. The predicted molar refractivity (Wildman–Crippen MR) is 68.9 cm³/mol. The third-order valence-corrected chi connectivity index (χ3v) is 2.65. The summed E-state index contributed by atoms with van der Waals surface area (Å²) in [5.74, 6) is -0.428. The molecule has 0 saturated heterocycles. The molecule has 6 nitrogen and oxygen atoms in total. The number of nitrogens with one attached hydrogen (secondary N) is 1. The number of thioether (sulfide) groups is 1. The summed E-state index contributed by atoms with van der Waals surface area (Å²) in [6.45, 7) is 0. The van der Waals surface area contributed by atoms with E-state index in [0.717, 1.165) is 0 Å². The van der Waals surface area contributed by atoms with E-state index in [2.05, 4.69) is 20.2 Å². The fourth-order valence-corrected chi connectivity index (χ4v) is 1.60. The molecule has 0 aliphatic rings. The summed E-state index contributed by atoms with van der Waals surface area (Å²) >= 11 is 1.22. The van der Waals surface area contributed by atoms with E-state index in [-0.39, 0.29) is 5.69 Å². The second-order valence-corrected chi connectivity index (χ2v) is 4.08. The topological polar surface area (TPSA) is 90.7 Å². The lowest BCUT2D eigenvalue weighted by atomic mass is 10.3. The SMILES string of the molecule is CSc1nc(O)c(N=Nc2ccccc2)c(=O)[nH]1. The number of aromatic hydroxyl groups is 1. The number of hydrogen-bond donors (Lipinski definition) is 2. The average molecular weight is 262 g/mol. The van der Waals surface area contributed by atoms with Crippen LogP contribution in [0.3, 0.4) is 0 Å². The molecule has 7 heteroatoms. The van der Waals surface area contributed by atoms with Crippen molar-refractivity contribution in [2.75, 3.05) is 6.26 Å². The number of benzene rings is 1. The van der Waals surface area contributed by atoms with E-state index in [9.17, 15) is 9.90 Å². The molecule has 1 aromatic heterocycles. The van der Waals surface area contributed by atoms with E-state index < -0.39 is 11.4 Å². The highest BCUT2D eigenvalue weighted by atomic mass is 32.2. The van der Waals surface area contributed by atoms with Crippen LogP contribution in [0.5, 0.6) is 5.88 Å². The number of H-pyrrole nitrogens is 1. The van der Waals surface area contributed by atoms with Crippen LogP contribution in [0, 0.1) is 0 Å². The summed E-state index contributed by atoms with van der Waals surface area (Å²) in [5.41, 5.74) is -0.131. The van der Waals surface area contributed by atoms with Crippen LogP contribution in [-0.2, 0) is 0 Å². The van der Waals surface area contributed by atoms with Gasteiger partial charge in [0.15, 0.2) is 5.16 Å². The monoisotopic (exact) mass is 262 g/mol. The Morgan fingerprint density at radius 3 is 2.61 bits per heavy atom. The molecular formula is C11H10N4O2S. The summed E-state index contributed by atoms with van der Waals surface area (Å²) in [6.07, 6.45) is 1.74. The third-order valence-electron chi connectivity index (χ3n) is 2.07. The van der Waals surface area contributed by atoms with E-state index in [4.69, 9.17) is 0 Å². The summed E-state index contributed by atoms with van der Waals surface area (Å²) in [4.78, 5) is 17.9. The second-order valence-electron chi connectivity index (χ2n) is 3.28. The van der Waals surface area contributed by atoms with Crippen LogP contribution in [0.1, 0.15) is 0 Å². The van der Waals surface area contributed by atoms with Gasteiger partial charge in [0.2, 0.25) is 11.6 Å². The maximum absolute atomic E-state index is 11.6. The molecule has 0 aliphatic carbocycles. The lowest BCUT2D eigenvalue weighted by Crippen LogP contribution is -2.07. The molecule has 2 rings (SSSR count). The Morgan fingerprint density at radius 1 is 1.28 bits per heavy atom. The minimum absolute atomic E-state index is 0.198. The summed E-state index contributed by atoms with van der Waals surface area (Å²) in [5, 5.41) is 17.5. The first kappa shape index (κ1) is 12.3. The van der Waals surface area contributed by atoms with Gasteiger partial charge < -0.3 is 5.11 Å². The normalized spacial score (nSPS) is 10.9. The molecule has 92 valence electrons. The van der Waals surface area contributed by atoms with Gasteiger partial charge in [0, 0.05) is 0 Å². The van der Waals surface area contributed by atoms with E-state index in [1.165, 1.54) is 11.8 Å². The quantitative estimate of drug-likeness (QED) is 0.505. The average Bonchev–Trinajstić information content (AvgIpc) is 2.38. The summed E-state index contributed by atoms with van der Waals surface area (Å²) in [6, 6.07) is 8.91. The smallest absolute Gasteiger partial charge is 0.283 e. The zero-order valence-electron chi connectivity index (χ0n) is 9.49. The number of nitrogens with zero attached hydrogens (tertiary/aromatic N) is 3. The van der Waals surface area contributed by atoms with Crippen molar-refractivity contribution < 1.29 is 5.11 Å². The van der Waals surface area contributed by atoms with Gasteiger partial charge in [-0.05, 0) is 18.4 Å². The van der Waals surface area contributed by atoms with Gasteiger partial charge in [-0.2, -0.15) is 10.1 Å². The van der Waals surface area contributed by atoms with Gasteiger partial charge in [-0.1, -0.05) is 30.0 Å². The number of hydrogen-bond acceptors (Lipinski definition) is 6. The van der Waals surface area contributed by atoms with Crippen molar-refractivity contribution in [2.45, 2.75) is 5.16 Å². The van der Waals surface area contributed by atoms with Crippen molar-refractivity contribution >= 4 is 23.1 Å². The molecule has 0 saturated carbocycles. The molecule has 0 amide bonds. The Kier molecular flexibility index (Phi) is 3.73. The minimum atomic E-state index is -0.522. The molecule has 0 radical (unpaired) electrons. The maximum atomic E-state index is 11.6. The maximum Gasteiger partial charge on any atom is 0.283 e. The summed E-state index contributed by atoms with van der Waals surface area (Å²) in [7, 11) is 0. The molecule has 0 fully saturated rings. The van der Waals surface area contributed by atoms with Crippen LogP contribution in [0.15, 0.2) is 50.5 Å². The fraction of sp³-hybridized carbons (Fsp3) is 0.0909. The van der Waals surface area contributed by atoms with E-state index in [1.54, 1.807) is 30.5 Å². The Morgan fingerprint density at radius 2 is 2.00 bits per heavy atom. The van der Waals surface area contributed by atoms with Gasteiger partial charge in [-0.25, -0.2) is 0 Å². The molecule has 2 N–H and O–H groups in total. The third kappa shape index (κ3) is 2.75. The van der Waals surface area contributed by atoms with Crippen molar-refractivity contribution in [3.05, 3.63) is 40.7 Å². The molecule has 1 aromatic carbocycles. The number of aromatic nitrogens is 2. The summed E-state index contributed by atoms with van der Waals surface area (Å²) < 4.78 is 0. The lowest BCUT2D eigenvalue weighted by molar-refractivity contribution is 0.445. The Bertz CT molecular complexity index is 625. The number of rotatable bonds is 3. The Balaban J connectivity index is 2.36. The van der Waals surface area contributed by atoms with Crippen LogP contribution in [0.2, 0.25) is 0 Å². The van der Waals surface area contributed by atoms with Gasteiger partial charge in [0.05, 0.1) is 5.69 Å². The number of aromatic amines is 1. The first-order valence-corrected chi connectivity index (χ1v) is 6.27. The van der Waals surface area contributed by atoms with Crippen LogP contribution in [0.4, 0.5) is 11.4 Å². The largest absolute Gasteiger partial charge is 0.491 e. The van der Waals surface area contributed by atoms with Crippen LogP contribution in [-0.4, -0.2) is 21.3 Å².